The van der Waals surface area contributed by atoms with Gasteiger partial charge in [-0.15, -0.1) is 0 Å². The maximum atomic E-state index is 14.9. The van der Waals surface area contributed by atoms with Gasteiger partial charge in [0.25, 0.3) is 0 Å². The molecule has 2 fully saturated rings. The molecule has 1 aliphatic carbocycles. The number of rotatable bonds is 4. The normalized spacial score (nSPS) is 23.6. The van der Waals surface area contributed by atoms with Crippen LogP contribution in [0.2, 0.25) is 0 Å². The van der Waals surface area contributed by atoms with Crippen LogP contribution in [0.5, 0.6) is 0 Å². The van der Waals surface area contributed by atoms with E-state index in [-0.39, 0.29) is 41.0 Å². The molecule has 0 spiro atoms. The number of hydrogen-bond donors (Lipinski definition) is 2. The van der Waals surface area contributed by atoms with E-state index in [2.05, 4.69) is 10.1 Å². The highest BCUT2D eigenvalue weighted by molar-refractivity contribution is 5.97. The molecule has 3 N–H and O–H groups in total. The van der Waals surface area contributed by atoms with Gasteiger partial charge in [-0.1, -0.05) is 5.16 Å². The van der Waals surface area contributed by atoms with Crippen LogP contribution in [0.4, 0.5) is 10.2 Å². The van der Waals surface area contributed by atoms with Gasteiger partial charge < -0.3 is 25.1 Å². The predicted octanol–water partition coefficient (Wildman–Crippen LogP) is 1.11. The molecule has 0 amide bonds. The second-order valence-corrected chi connectivity index (χ2v) is 7.14. The minimum Gasteiger partial charge on any atom is -0.477 e. The monoisotopic (exact) mass is 389 g/mol. The average Bonchev–Trinajstić information content (AvgIpc) is 3.45. The summed E-state index contributed by atoms with van der Waals surface area (Å²) >= 11 is 0. The molecule has 9 nitrogen and oxygen atoms in total. The Morgan fingerprint density at radius 2 is 2.18 bits per heavy atom. The number of hydrogen-bond acceptors (Lipinski definition) is 7. The van der Waals surface area contributed by atoms with Crippen LogP contribution in [-0.2, 0) is 4.84 Å². The lowest BCUT2D eigenvalue weighted by Gasteiger charge is -2.24. The molecule has 0 bridgehead atoms. The van der Waals surface area contributed by atoms with Crippen molar-refractivity contribution in [3.63, 3.8) is 0 Å². The van der Waals surface area contributed by atoms with Crippen molar-refractivity contribution in [1.82, 2.24) is 9.55 Å². The molecule has 2 aromatic heterocycles. The molecule has 148 valence electrons. The smallest absolute Gasteiger partial charge is 0.341 e. The van der Waals surface area contributed by atoms with Crippen molar-refractivity contribution in [3.8, 4) is 0 Å². The lowest BCUT2D eigenvalue weighted by molar-refractivity contribution is 0.0695. The number of fused-ring (bicyclic) bond motifs is 1. The highest BCUT2D eigenvalue weighted by Crippen LogP contribution is 2.37. The Morgan fingerprint density at radius 1 is 1.46 bits per heavy atom. The first-order valence-electron chi connectivity index (χ1n) is 8.94. The number of carbonyl (C=O) groups is 1. The van der Waals surface area contributed by atoms with E-state index in [1.807, 2.05) is 6.92 Å². The van der Waals surface area contributed by atoms with E-state index < -0.39 is 23.3 Å². The van der Waals surface area contributed by atoms with E-state index in [1.165, 1.54) is 13.3 Å². The Bertz CT molecular complexity index is 1060. The number of halogens is 1. The summed E-state index contributed by atoms with van der Waals surface area (Å²) in [5, 5.41) is 13.2. The molecule has 0 radical (unpaired) electrons. The standard InChI is InChI=1S/C18H20FN5O4/c1-8-14(20)13(22-28-2)7-23(8)17-12(19)5-10-15(25)11(18(26)27)6-24(9-3-4-9)16(10)21-17/h5-6,8-9,14H,3-4,7,20H2,1-2H3,(H,26,27). The molecule has 28 heavy (non-hydrogen) atoms. The van der Waals surface area contributed by atoms with E-state index in [1.54, 1.807) is 9.47 Å². The number of aromatic carboxylic acids is 1. The first kappa shape index (κ1) is 18.4. The van der Waals surface area contributed by atoms with Crippen LogP contribution in [0.25, 0.3) is 11.0 Å². The van der Waals surface area contributed by atoms with Crippen molar-refractivity contribution in [3.05, 3.63) is 33.9 Å². The Morgan fingerprint density at radius 3 is 2.79 bits per heavy atom. The first-order chi connectivity index (χ1) is 13.3. The third kappa shape index (κ3) is 2.80. The van der Waals surface area contributed by atoms with Crippen molar-refractivity contribution in [1.29, 1.82) is 0 Å². The van der Waals surface area contributed by atoms with Gasteiger partial charge in [-0.25, -0.2) is 14.2 Å². The van der Waals surface area contributed by atoms with Gasteiger partial charge in [0.1, 0.15) is 18.3 Å². The number of nitrogens with zero attached hydrogens (tertiary/aromatic N) is 4. The largest absolute Gasteiger partial charge is 0.477 e. The quantitative estimate of drug-likeness (QED) is 0.751. The minimum atomic E-state index is -1.34. The molecule has 2 aliphatic rings. The van der Waals surface area contributed by atoms with Gasteiger partial charge in [0.2, 0.25) is 5.43 Å². The van der Waals surface area contributed by atoms with Crippen molar-refractivity contribution in [2.24, 2.45) is 10.9 Å². The summed E-state index contributed by atoms with van der Waals surface area (Å²) in [6, 6.07) is 0.384. The first-order valence-corrected chi connectivity index (χ1v) is 8.94. The van der Waals surface area contributed by atoms with Gasteiger partial charge in [-0.2, -0.15) is 0 Å². The highest BCUT2D eigenvalue weighted by Gasteiger charge is 2.37. The van der Waals surface area contributed by atoms with Gasteiger partial charge in [0.05, 0.1) is 23.7 Å². The molecular formula is C18H20FN5O4. The number of pyridine rings is 2. The fraction of sp³-hybridized carbons (Fsp3) is 0.444. The summed E-state index contributed by atoms with van der Waals surface area (Å²) in [6.45, 7) is 2.07. The SMILES string of the molecule is CON=C1CN(c2nc3c(cc2F)c(=O)c(C(=O)O)cn3C2CC2)C(C)C1N. The molecule has 1 aliphatic heterocycles. The number of oxime groups is 1. The van der Waals surface area contributed by atoms with Crippen LogP contribution in [0.3, 0.4) is 0 Å². The Hall–Kier alpha value is -3.01. The molecule has 10 heteroatoms. The molecule has 1 saturated carbocycles. The van der Waals surface area contributed by atoms with Crippen molar-refractivity contribution >= 4 is 28.5 Å². The van der Waals surface area contributed by atoms with Crippen LogP contribution >= 0.6 is 0 Å². The van der Waals surface area contributed by atoms with Crippen molar-refractivity contribution in [2.75, 3.05) is 18.6 Å². The molecule has 3 heterocycles. The molecule has 1 saturated heterocycles. The zero-order chi connectivity index (χ0) is 20.2. The van der Waals surface area contributed by atoms with Gasteiger partial charge in [0.15, 0.2) is 11.6 Å². The van der Waals surface area contributed by atoms with Crippen molar-refractivity contribution in [2.45, 2.75) is 37.9 Å². The Balaban J connectivity index is 1.90. The summed E-state index contributed by atoms with van der Waals surface area (Å²) in [7, 11) is 1.41. The summed E-state index contributed by atoms with van der Waals surface area (Å²) < 4.78 is 16.6. The maximum absolute atomic E-state index is 14.9. The second-order valence-electron chi connectivity index (χ2n) is 7.14. The van der Waals surface area contributed by atoms with Gasteiger partial charge in [-0.05, 0) is 25.8 Å². The Kier molecular flexibility index (Phi) is 4.30. The molecule has 2 atom stereocenters. The summed E-state index contributed by atoms with van der Waals surface area (Å²) in [6.07, 6.45) is 3.00. The van der Waals surface area contributed by atoms with E-state index >= 15 is 0 Å². The van der Waals surface area contributed by atoms with E-state index in [4.69, 9.17) is 10.6 Å². The summed E-state index contributed by atoms with van der Waals surface area (Å²) in [4.78, 5) is 34.9. The molecule has 0 aromatic carbocycles. The fourth-order valence-corrected chi connectivity index (χ4v) is 3.59. The molecular weight excluding hydrogens is 369 g/mol. The lowest BCUT2D eigenvalue weighted by atomic mass is 10.1. The zero-order valence-electron chi connectivity index (χ0n) is 15.4. The molecule has 2 aromatic rings. The number of carboxylic acids is 1. The third-order valence-corrected chi connectivity index (χ3v) is 5.32. The Labute approximate surface area is 159 Å². The van der Waals surface area contributed by atoms with E-state index in [0.717, 1.165) is 18.9 Å². The number of aromatic nitrogens is 2. The number of anilines is 1. The number of nitrogens with two attached hydrogens (primary N) is 1. The van der Waals surface area contributed by atoms with Gasteiger partial charge in [0, 0.05) is 18.3 Å². The van der Waals surface area contributed by atoms with Crippen LogP contribution in [0.1, 0.15) is 36.2 Å². The molecule has 2 unspecified atom stereocenters. The summed E-state index contributed by atoms with van der Waals surface area (Å²) in [5.74, 6) is -2.01. The van der Waals surface area contributed by atoms with Gasteiger partial charge >= 0.3 is 5.97 Å². The van der Waals surface area contributed by atoms with Crippen LogP contribution in [0.15, 0.2) is 22.2 Å². The topological polar surface area (TPSA) is 123 Å². The van der Waals surface area contributed by atoms with Crippen LogP contribution in [0, 0.1) is 5.82 Å². The van der Waals surface area contributed by atoms with Crippen LogP contribution in [-0.4, -0.2) is 52.1 Å². The van der Waals surface area contributed by atoms with E-state index in [0.29, 0.717) is 5.71 Å². The third-order valence-electron chi connectivity index (χ3n) is 5.32. The minimum absolute atomic E-state index is 0.0463. The van der Waals surface area contributed by atoms with E-state index in [9.17, 15) is 19.1 Å². The maximum Gasteiger partial charge on any atom is 0.341 e. The highest BCUT2D eigenvalue weighted by atomic mass is 19.1. The fourth-order valence-electron chi connectivity index (χ4n) is 3.59. The lowest BCUT2D eigenvalue weighted by Crippen LogP contribution is -2.39. The predicted molar refractivity (Wildman–Crippen MR) is 100 cm³/mol. The summed E-state index contributed by atoms with van der Waals surface area (Å²) in [5.41, 5.74) is 5.84. The van der Waals surface area contributed by atoms with Crippen LogP contribution < -0.4 is 16.1 Å². The zero-order valence-corrected chi connectivity index (χ0v) is 15.4. The average molecular weight is 389 g/mol. The molecule has 4 rings (SSSR count). The van der Waals surface area contributed by atoms with Gasteiger partial charge in [-0.3, -0.25) is 4.79 Å². The number of carboxylic acid groups (broad SMARTS) is 1. The second kappa shape index (κ2) is 6.55. The van der Waals surface area contributed by atoms with Crippen molar-refractivity contribution < 1.29 is 19.1 Å².